The van der Waals surface area contributed by atoms with E-state index in [1.807, 2.05) is 24.4 Å². The fourth-order valence-electron chi connectivity index (χ4n) is 4.78. The van der Waals surface area contributed by atoms with Gasteiger partial charge in [0.05, 0.1) is 5.52 Å². The van der Waals surface area contributed by atoms with E-state index in [1.165, 1.54) is 31.5 Å². The molecule has 5 heteroatoms. The molecule has 152 valence electrons. The van der Waals surface area contributed by atoms with Crippen molar-refractivity contribution < 1.29 is 9.53 Å². The minimum Gasteiger partial charge on any atom is -0.446 e. The van der Waals surface area contributed by atoms with Gasteiger partial charge in [0.1, 0.15) is 6.10 Å². The minimum atomic E-state index is -0.225. The highest BCUT2D eigenvalue weighted by atomic mass is 16.6. The average Bonchev–Trinajstić information content (AvgIpc) is 3.35. The maximum absolute atomic E-state index is 12.9. The Labute approximate surface area is 168 Å². The number of benzene rings is 1. The van der Waals surface area contributed by atoms with Crippen LogP contribution in [0.15, 0.2) is 30.5 Å². The number of hydrogen-bond donors (Lipinski definition) is 0. The van der Waals surface area contributed by atoms with Gasteiger partial charge in [0.2, 0.25) is 0 Å². The van der Waals surface area contributed by atoms with E-state index in [4.69, 9.17) is 4.74 Å². The first-order valence-electron chi connectivity index (χ1n) is 10.8. The Hall–Kier alpha value is -1.85. The summed E-state index contributed by atoms with van der Waals surface area (Å²) >= 11 is 0. The lowest BCUT2D eigenvalue weighted by Gasteiger charge is -2.34. The quantitative estimate of drug-likeness (QED) is 0.778. The van der Waals surface area contributed by atoms with Gasteiger partial charge >= 0.3 is 6.09 Å². The molecule has 1 aromatic heterocycles. The highest BCUT2D eigenvalue weighted by Crippen LogP contribution is 2.28. The predicted molar refractivity (Wildman–Crippen MR) is 113 cm³/mol. The predicted octanol–water partition coefficient (Wildman–Crippen LogP) is 4.14. The summed E-state index contributed by atoms with van der Waals surface area (Å²) < 4.78 is 7.65. The number of carbonyl (C=O) groups is 1. The van der Waals surface area contributed by atoms with Crippen molar-refractivity contribution in [3.8, 4) is 0 Å². The molecule has 5 nitrogen and oxygen atoms in total. The lowest BCUT2D eigenvalue weighted by atomic mass is 9.92. The molecule has 2 aliphatic rings. The van der Waals surface area contributed by atoms with Crippen molar-refractivity contribution in [2.75, 3.05) is 33.7 Å². The van der Waals surface area contributed by atoms with Gasteiger partial charge < -0.3 is 14.5 Å². The number of hydrogen-bond acceptors (Lipinski definition) is 4. The zero-order chi connectivity index (χ0) is 19.5. The van der Waals surface area contributed by atoms with Crippen molar-refractivity contribution in [3.05, 3.63) is 36.0 Å². The van der Waals surface area contributed by atoms with Gasteiger partial charge in [-0.3, -0.25) is 4.57 Å². The number of fused-ring (bicyclic) bond motifs is 1. The second-order valence-corrected chi connectivity index (χ2v) is 8.65. The van der Waals surface area contributed by atoms with Crippen LogP contribution in [0.4, 0.5) is 4.79 Å². The zero-order valence-electron chi connectivity index (χ0n) is 17.3. The Balaban J connectivity index is 1.41. The molecule has 1 saturated heterocycles. The Kier molecular flexibility index (Phi) is 6.02. The van der Waals surface area contributed by atoms with Gasteiger partial charge in [-0.05, 0) is 83.8 Å². The molecule has 2 heterocycles. The monoisotopic (exact) mass is 383 g/mol. The van der Waals surface area contributed by atoms with E-state index >= 15 is 0 Å². The summed E-state index contributed by atoms with van der Waals surface area (Å²) in [4.78, 5) is 17.7. The van der Waals surface area contributed by atoms with Crippen LogP contribution in [-0.4, -0.2) is 66.3 Å². The van der Waals surface area contributed by atoms with Crippen molar-refractivity contribution in [2.45, 2.75) is 57.1 Å². The molecule has 1 aromatic carbocycles. The summed E-state index contributed by atoms with van der Waals surface area (Å²) in [6, 6.07) is 8.84. The Morgan fingerprint density at radius 1 is 1.11 bits per heavy atom. The first kappa shape index (κ1) is 19.5. The van der Waals surface area contributed by atoms with E-state index in [1.54, 1.807) is 4.57 Å². The van der Waals surface area contributed by atoms with E-state index in [0.29, 0.717) is 6.04 Å². The molecule has 1 aliphatic heterocycles. The Bertz CT molecular complexity index is 799. The molecule has 4 rings (SSSR count). The number of likely N-dealkylation sites (tertiary alicyclic amines) is 1. The highest BCUT2D eigenvalue weighted by Gasteiger charge is 2.29. The van der Waals surface area contributed by atoms with Gasteiger partial charge in [-0.1, -0.05) is 18.2 Å². The second kappa shape index (κ2) is 8.66. The number of carbonyl (C=O) groups excluding carboxylic acids is 1. The molecular weight excluding hydrogens is 350 g/mol. The van der Waals surface area contributed by atoms with Gasteiger partial charge in [-0.15, -0.1) is 0 Å². The van der Waals surface area contributed by atoms with E-state index in [2.05, 4.69) is 30.0 Å². The number of likely N-dealkylation sites (N-methyl/N-ethyl adjacent to an activating group) is 1. The fraction of sp³-hybridized carbons (Fsp3) is 0.609. The van der Waals surface area contributed by atoms with Gasteiger partial charge in [0.15, 0.2) is 0 Å². The van der Waals surface area contributed by atoms with E-state index in [-0.39, 0.29) is 12.2 Å². The molecule has 0 spiro atoms. The maximum Gasteiger partial charge on any atom is 0.418 e. The van der Waals surface area contributed by atoms with Crippen molar-refractivity contribution in [1.29, 1.82) is 0 Å². The van der Waals surface area contributed by atoms with Gasteiger partial charge in [-0.2, -0.15) is 0 Å². The van der Waals surface area contributed by atoms with Gasteiger partial charge in [0, 0.05) is 24.2 Å². The topological polar surface area (TPSA) is 37.7 Å². The molecule has 1 saturated carbocycles. The Morgan fingerprint density at radius 3 is 2.54 bits per heavy atom. The SMILES string of the molecule is CN(C)CCc1cn(C(=O)OC2CCC(N3CCCC3)CC2)c2ccccc12. The largest absolute Gasteiger partial charge is 0.446 e. The minimum absolute atomic E-state index is 0.0535. The lowest BCUT2D eigenvalue weighted by molar-refractivity contribution is 0.0540. The van der Waals surface area contributed by atoms with E-state index < -0.39 is 0 Å². The lowest BCUT2D eigenvalue weighted by Crippen LogP contribution is -2.38. The molecule has 0 amide bonds. The van der Waals surface area contributed by atoms with E-state index in [9.17, 15) is 4.79 Å². The van der Waals surface area contributed by atoms with Crippen LogP contribution in [0, 0.1) is 0 Å². The normalized spacial score (nSPS) is 23.5. The third-order valence-electron chi connectivity index (χ3n) is 6.39. The van der Waals surface area contributed by atoms with Crippen molar-refractivity contribution in [3.63, 3.8) is 0 Å². The number of para-hydroxylation sites is 1. The fourth-order valence-corrected chi connectivity index (χ4v) is 4.78. The molecule has 2 aromatic rings. The summed E-state index contributed by atoms with van der Waals surface area (Å²) in [7, 11) is 4.15. The van der Waals surface area contributed by atoms with Crippen LogP contribution in [-0.2, 0) is 11.2 Å². The summed E-state index contributed by atoms with van der Waals surface area (Å²) in [5.74, 6) is 0. The van der Waals surface area contributed by atoms with Gasteiger partial charge in [-0.25, -0.2) is 4.79 Å². The van der Waals surface area contributed by atoms with Crippen molar-refractivity contribution in [2.24, 2.45) is 0 Å². The summed E-state index contributed by atoms with van der Waals surface area (Å²) in [5, 5.41) is 1.15. The van der Waals surface area contributed by atoms with Crippen LogP contribution < -0.4 is 0 Å². The van der Waals surface area contributed by atoms with Crippen LogP contribution in [0.3, 0.4) is 0 Å². The number of nitrogens with zero attached hydrogens (tertiary/aromatic N) is 3. The molecule has 0 bridgehead atoms. The van der Waals surface area contributed by atoms with Crippen LogP contribution in [0.25, 0.3) is 10.9 Å². The third-order valence-corrected chi connectivity index (χ3v) is 6.39. The number of rotatable bonds is 5. The maximum atomic E-state index is 12.9. The van der Waals surface area contributed by atoms with Crippen LogP contribution >= 0.6 is 0 Å². The molecule has 0 N–H and O–H groups in total. The Morgan fingerprint density at radius 2 is 1.82 bits per heavy atom. The standard InChI is InChI=1S/C23H33N3O2/c1-24(2)16-13-18-17-26(22-8-4-3-7-21(18)22)23(27)28-20-11-9-19(10-12-20)25-14-5-6-15-25/h3-4,7-8,17,19-20H,5-6,9-16H2,1-2H3. The van der Waals surface area contributed by atoms with Crippen molar-refractivity contribution in [1.82, 2.24) is 14.4 Å². The third kappa shape index (κ3) is 4.26. The van der Waals surface area contributed by atoms with Gasteiger partial charge in [0.25, 0.3) is 0 Å². The number of aromatic nitrogens is 1. The molecule has 28 heavy (non-hydrogen) atoms. The number of ether oxygens (including phenoxy) is 1. The highest BCUT2D eigenvalue weighted by molar-refractivity contribution is 5.92. The molecule has 1 aliphatic carbocycles. The molecule has 0 atom stereocenters. The molecule has 2 fully saturated rings. The molecule has 0 unspecified atom stereocenters. The van der Waals surface area contributed by atoms with Crippen LogP contribution in [0.2, 0.25) is 0 Å². The smallest absolute Gasteiger partial charge is 0.418 e. The average molecular weight is 384 g/mol. The van der Waals surface area contributed by atoms with Crippen molar-refractivity contribution >= 4 is 17.0 Å². The summed E-state index contributed by atoms with van der Waals surface area (Å²) in [5.41, 5.74) is 2.16. The first-order valence-corrected chi connectivity index (χ1v) is 10.8. The van der Waals surface area contributed by atoms with Crippen LogP contribution in [0.5, 0.6) is 0 Å². The first-order chi connectivity index (χ1) is 13.6. The summed E-state index contributed by atoms with van der Waals surface area (Å²) in [6.07, 6.45) is 9.68. The van der Waals surface area contributed by atoms with Crippen LogP contribution in [0.1, 0.15) is 44.1 Å². The van der Waals surface area contributed by atoms with E-state index in [0.717, 1.165) is 49.6 Å². The summed E-state index contributed by atoms with van der Waals surface area (Å²) in [6.45, 7) is 3.46. The second-order valence-electron chi connectivity index (χ2n) is 8.65. The molecule has 0 radical (unpaired) electrons. The molecular formula is C23H33N3O2. The zero-order valence-corrected chi connectivity index (χ0v) is 17.3.